The van der Waals surface area contributed by atoms with E-state index >= 15 is 0 Å². The molecule has 2 heteroatoms. The summed E-state index contributed by atoms with van der Waals surface area (Å²) in [5.74, 6) is 0. The highest BCUT2D eigenvalue weighted by Crippen LogP contribution is 2.27. The molecule has 14 heavy (non-hydrogen) atoms. The summed E-state index contributed by atoms with van der Waals surface area (Å²) in [7, 11) is 2.21. The van der Waals surface area contributed by atoms with Gasteiger partial charge in [0.05, 0.1) is 0 Å². The molecule has 1 fully saturated rings. The van der Waals surface area contributed by atoms with Gasteiger partial charge in [0.2, 0.25) is 0 Å². The molecule has 0 radical (unpaired) electrons. The summed E-state index contributed by atoms with van der Waals surface area (Å²) in [5.41, 5.74) is 6.46. The number of unbranched alkanes of at least 4 members (excludes halogenated alkanes) is 2. The summed E-state index contributed by atoms with van der Waals surface area (Å²) in [6.07, 6.45) is 9.10. The van der Waals surface area contributed by atoms with E-state index < -0.39 is 0 Å². The third-order valence-corrected chi connectivity index (χ3v) is 3.33. The van der Waals surface area contributed by atoms with Crippen LogP contribution in [-0.4, -0.2) is 30.6 Å². The van der Waals surface area contributed by atoms with Gasteiger partial charge in [0.15, 0.2) is 0 Å². The van der Waals surface area contributed by atoms with Crippen molar-refractivity contribution in [2.24, 2.45) is 5.73 Å². The second kappa shape index (κ2) is 5.72. The fraction of sp³-hybridized carbons (Fsp3) is 1.00. The average molecular weight is 198 g/mol. The standard InChI is InChI=1S/C12H26N2/c1-3-4-7-10-14(2)11-12(13)8-5-6-9-12/h3-11,13H2,1-2H3. The van der Waals surface area contributed by atoms with Crippen molar-refractivity contribution >= 4 is 0 Å². The molecule has 0 aromatic heterocycles. The molecule has 1 rings (SSSR count). The molecule has 0 aromatic rings. The summed E-state index contributed by atoms with van der Waals surface area (Å²) < 4.78 is 0. The van der Waals surface area contributed by atoms with Gasteiger partial charge in [-0.05, 0) is 32.9 Å². The quantitative estimate of drug-likeness (QED) is 0.664. The van der Waals surface area contributed by atoms with Gasteiger partial charge in [-0.1, -0.05) is 32.6 Å². The minimum Gasteiger partial charge on any atom is -0.324 e. The molecule has 2 nitrogen and oxygen atoms in total. The summed E-state index contributed by atoms with van der Waals surface area (Å²) in [6.45, 7) is 4.56. The first-order valence-corrected chi connectivity index (χ1v) is 6.14. The molecule has 0 atom stereocenters. The number of nitrogens with two attached hydrogens (primary N) is 1. The van der Waals surface area contributed by atoms with Gasteiger partial charge in [0.25, 0.3) is 0 Å². The third-order valence-electron chi connectivity index (χ3n) is 3.33. The molecular formula is C12H26N2. The van der Waals surface area contributed by atoms with E-state index in [9.17, 15) is 0 Å². The van der Waals surface area contributed by atoms with E-state index in [0.29, 0.717) is 0 Å². The first-order valence-electron chi connectivity index (χ1n) is 6.14. The lowest BCUT2D eigenvalue weighted by atomic mass is 9.98. The van der Waals surface area contributed by atoms with Crippen LogP contribution >= 0.6 is 0 Å². The summed E-state index contributed by atoms with van der Waals surface area (Å²) in [4.78, 5) is 2.42. The molecular weight excluding hydrogens is 172 g/mol. The maximum atomic E-state index is 6.32. The Morgan fingerprint density at radius 2 is 1.86 bits per heavy atom. The third kappa shape index (κ3) is 3.97. The van der Waals surface area contributed by atoms with E-state index in [1.807, 2.05) is 0 Å². The topological polar surface area (TPSA) is 29.3 Å². The zero-order valence-electron chi connectivity index (χ0n) is 9.89. The Kier molecular flexibility index (Phi) is 4.90. The molecule has 0 bridgehead atoms. The number of rotatable bonds is 6. The van der Waals surface area contributed by atoms with Crippen molar-refractivity contribution in [2.45, 2.75) is 57.4 Å². The fourth-order valence-electron chi connectivity index (χ4n) is 2.49. The normalized spacial score (nSPS) is 20.6. The summed E-state index contributed by atoms with van der Waals surface area (Å²) >= 11 is 0. The Labute approximate surface area is 88.8 Å². The van der Waals surface area contributed by atoms with Crippen molar-refractivity contribution < 1.29 is 0 Å². The SMILES string of the molecule is CCCCCN(C)CC1(N)CCCC1. The minimum atomic E-state index is 0.140. The molecule has 1 aliphatic rings. The molecule has 2 N–H and O–H groups in total. The van der Waals surface area contributed by atoms with Crippen molar-refractivity contribution in [1.82, 2.24) is 4.90 Å². The number of hydrogen-bond donors (Lipinski definition) is 1. The molecule has 1 saturated carbocycles. The van der Waals surface area contributed by atoms with Crippen molar-refractivity contribution in [3.8, 4) is 0 Å². The van der Waals surface area contributed by atoms with Gasteiger partial charge in [-0.3, -0.25) is 0 Å². The van der Waals surface area contributed by atoms with Crippen LogP contribution in [0.3, 0.4) is 0 Å². The zero-order valence-corrected chi connectivity index (χ0v) is 9.89. The van der Waals surface area contributed by atoms with Crippen molar-refractivity contribution in [3.63, 3.8) is 0 Å². The van der Waals surface area contributed by atoms with E-state index in [1.54, 1.807) is 0 Å². The van der Waals surface area contributed by atoms with Crippen LogP contribution in [0.1, 0.15) is 51.9 Å². The first-order chi connectivity index (χ1) is 6.66. The molecule has 0 saturated heterocycles. The Balaban J connectivity index is 2.15. The highest BCUT2D eigenvalue weighted by Gasteiger charge is 2.29. The lowest BCUT2D eigenvalue weighted by molar-refractivity contribution is 0.244. The highest BCUT2D eigenvalue weighted by atomic mass is 15.1. The van der Waals surface area contributed by atoms with Gasteiger partial charge in [0, 0.05) is 12.1 Å². The Morgan fingerprint density at radius 3 is 2.43 bits per heavy atom. The smallest absolute Gasteiger partial charge is 0.0283 e. The second-order valence-corrected chi connectivity index (χ2v) is 5.01. The first kappa shape index (κ1) is 12.0. The molecule has 0 heterocycles. The average Bonchev–Trinajstić information content (AvgIpc) is 2.52. The Hall–Kier alpha value is -0.0800. The van der Waals surface area contributed by atoms with Crippen LogP contribution in [-0.2, 0) is 0 Å². The van der Waals surface area contributed by atoms with Crippen LogP contribution in [0, 0.1) is 0 Å². The predicted octanol–water partition coefficient (Wildman–Crippen LogP) is 2.38. The number of hydrogen-bond acceptors (Lipinski definition) is 2. The van der Waals surface area contributed by atoms with Gasteiger partial charge >= 0.3 is 0 Å². The maximum absolute atomic E-state index is 6.32. The van der Waals surface area contributed by atoms with Gasteiger partial charge in [-0.15, -0.1) is 0 Å². The molecule has 84 valence electrons. The molecule has 0 aliphatic heterocycles. The van der Waals surface area contributed by atoms with Crippen LogP contribution in [0.15, 0.2) is 0 Å². The van der Waals surface area contributed by atoms with Gasteiger partial charge in [-0.25, -0.2) is 0 Å². The highest BCUT2D eigenvalue weighted by molar-refractivity contribution is 4.91. The molecule has 0 amide bonds. The van der Waals surface area contributed by atoms with E-state index in [1.165, 1.54) is 51.5 Å². The van der Waals surface area contributed by atoms with Crippen LogP contribution in [0.25, 0.3) is 0 Å². The fourth-order valence-corrected chi connectivity index (χ4v) is 2.49. The number of nitrogens with zero attached hydrogens (tertiary/aromatic N) is 1. The maximum Gasteiger partial charge on any atom is 0.0283 e. The molecule has 0 spiro atoms. The van der Waals surface area contributed by atoms with E-state index in [4.69, 9.17) is 5.73 Å². The number of likely N-dealkylation sites (N-methyl/N-ethyl adjacent to an activating group) is 1. The second-order valence-electron chi connectivity index (χ2n) is 5.01. The summed E-state index contributed by atoms with van der Waals surface area (Å²) in [6, 6.07) is 0. The van der Waals surface area contributed by atoms with E-state index in [-0.39, 0.29) is 5.54 Å². The largest absolute Gasteiger partial charge is 0.324 e. The van der Waals surface area contributed by atoms with Crippen LogP contribution < -0.4 is 5.73 Å². The predicted molar refractivity (Wildman–Crippen MR) is 62.4 cm³/mol. The van der Waals surface area contributed by atoms with Gasteiger partial charge in [-0.2, -0.15) is 0 Å². The summed E-state index contributed by atoms with van der Waals surface area (Å²) in [5, 5.41) is 0. The Bertz CT molecular complexity index is 150. The van der Waals surface area contributed by atoms with E-state index in [2.05, 4.69) is 18.9 Å². The van der Waals surface area contributed by atoms with Crippen LogP contribution in [0.5, 0.6) is 0 Å². The van der Waals surface area contributed by atoms with Crippen molar-refractivity contribution in [2.75, 3.05) is 20.1 Å². The Morgan fingerprint density at radius 1 is 1.21 bits per heavy atom. The lowest BCUT2D eigenvalue weighted by Gasteiger charge is -2.29. The van der Waals surface area contributed by atoms with Crippen molar-refractivity contribution in [3.05, 3.63) is 0 Å². The molecule has 0 unspecified atom stereocenters. The lowest BCUT2D eigenvalue weighted by Crippen LogP contribution is -2.47. The molecule has 0 aromatic carbocycles. The zero-order chi connectivity index (χ0) is 10.4. The van der Waals surface area contributed by atoms with E-state index in [0.717, 1.165) is 6.54 Å². The molecule has 1 aliphatic carbocycles. The van der Waals surface area contributed by atoms with Gasteiger partial charge < -0.3 is 10.6 Å². The van der Waals surface area contributed by atoms with Crippen LogP contribution in [0.4, 0.5) is 0 Å². The van der Waals surface area contributed by atoms with Gasteiger partial charge in [0.1, 0.15) is 0 Å². The monoisotopic (exact) mass is 198 g/mol. The van der Waals surface area contributed by atoms with Crippen molar-refractivity contribution in [1.29, 1.82) is 0 Å². The van der Waals surface area contributed by atoms with Crippen LogP contribution in [0.2, 0.25) is 0 Å². The minimum absolute atomic E-state index is 0.140.